The van der Waals surface area contributed by atoms with Gasteiger partial charge in [0, 0.05) is 6.54 Å². The molecule has 1 aromatic rings. The fourth-order valence-electron chi connectivity index (χ4n) is 3.20. The number of nitrogens with one attached hydrogen (secondary N) is 2. The molecule has 4 nitrogen and oxygen atoms in total. The summed E-state index contributed by atoms with van der Waals surface area (Å²) in [7, 11) is 0. The predicted octanol–water partition coefficient (Wildman–Crippen LogP) is 1.12. The Morgan fingerprint density at radius 2 is 1.95 bits per heavy atom. The van der Waals surface area contributed by atoms with Crippen molar-refractivity contribution in [2.24, 2.45) is 0 Å². The topological polar surface area (TPSA) is 61.4 Å². The standard InChI is InChI=1S/C16H22N2O2/c19-15-8-4-3-7-13(15)18-16(20)14-9-11-5-1-2-6-12(11)10-17-14/h1-2,5-6,13-15,17,19H,3-4,7-10H2,(H,18,20)/t13?,14-,15?/m1/s1. The number of amides is 1. The lowest BCUT2D eigenvalue weighted by molar-refractivity contribution is -0.125. The van der Waals surface area contributed by atoms with Crippen molar-refractivity contribution in [3.05, 3.63) is 35.4 Å². The first-order valence-electron chi connectivity index (χ1n) is 7.52. The number of carbonyl (C=O) groups is 1. The predicted molar refractivity (Wildman–Crippen MR) is 77.2 cm³/mol. The second kappa shape index (κ2) is 5.94. The van der Waals surface area contributed by atoms with Gasteiger partial charge in [0.15, 0.2) is 0 Å². The lowest BCUT2D eigenvalue weighted by Gasteiger charge is -2.31. The normalized spacial score (nSPS) is 29.6. The molecule has 1 saturated carbocycles. The van der Waals surface area contributed by atoms with Crippen LogP contribution < -0.4 is 10.6 Å². The summed E-state index contributed by atoms with van der Waals surface area (Å²) in [5.41, 5.74) is 2.52. The fourth-order valence-corrected chi connectivity index (χ4v) is 3.20. The molecule has 1 amide bonds. The van der Waals surface area contributed by atoms with E-state index in [4.69, 9.17) is 0 Å². The zero-order chi connectivity index (χ0) is 13.9. The van der Waals surface area contributed by atoms with Gasteiger partial charge < -0.3 is 15.7 Å². The summed E-state index contributed by atoms with van der Waals surface area (Å²) in [6, 6.07) is 7.98. The molecule has 108 valence electrons. The molecule has 0 saturated heterocycles. The molecule has 4 heteroatoms. The molecule has 3 atom stereocenters. The van der Waals surface area contributed by atoms with Crippen LogP contribution in [0.2, 0.25) is 0 Å². The van der Waals surface area contributed by atoms with Crippen LogP contribution in [0.5, 0.6) is 0 Å². The quantitative estimate of drug-likeness (QED) is 0.757. The molecule has 3 rings (SSSR count). The minimum atomic E-state index is -0.386. The zero-order valence-corrected chi connectivity index (χ0v) is 11.6. The summed E-state index contributed by atoms with van der Waals surface area (Å²) >= 11 is 0. The second-order valence-electron chi connectivity index (χ2n) is 5.87. The van der Waals surface area contributed by atoms with Crippen LogP contribution in [0.4, 0.5) is 0 Å². The number of carbonyl (C=O) groups excluding carboxylic acids is 1. The highest BCUT2D eigenvalue weighted by Crippen LogP contribution is 2.20. The Labute approximate surface area is 119 Å². The van der Waals surface area contributed by atoms with Gasteiger partial charge in [-0.2, -0.15) is 0 Å². The Morgan fingerprint density at radius 3 is 2.75 bits per heavy atom. The van der Waals surface area contributed by atoms with Crippen LogP contribution in [-0.2, 0) is 17.8 Å². The van der Waals surface area contributed by atoms with Gasteiger partial charge in [0.2, 0.25) is 5.91 Å². The molecule has 1 fully saturated rings. The van der Waals surface area contributed by atoms with E-state index in [9.17, 15) is 9.90 Å². The number of fused-ring (bicyclic) bond motifs is 1. The van der Waals surface area contributed by atoms with Crippen molar-refractivity contribution < 1.29 is 9.90 Å². The number of aliphatic hydroxyl groups excluding tert-OH is 1. The molecule has 1 aromatic carbocycles. The molecular weight excluding hydrogens is 252 g/mol. The molecule has 0 bridgehead atoms. The van der Waals surface area contributed by atoms with E-state index in [-0.39, 0.29) is 24.1 Å². The van der Waals surface area contributed by atoms with Crippen molar-refractivity contribution in [2.75, 3.05) is 0 Å². The average Bonchev–Trinajstić information content (AvgIpc) is 2.49. The maximum Gasteiger partial charge on any atom is 0.237 e. The molecule has 20 heavy (non-hydrogen) atoms. The maximum absolute atomic E-state index is 12.3. The maximum atomic E-state index is 12.3. The summed E-state index contributed by atoms with van der Waals surface area (Å²) in [5, 5.41) is 16.2. The van der Waals surface area contributed by atoms with Gasteiger partial charge in [-0.05, 0) is 30.4 Å². The van der Waals surface area contributed by atoms with E-state index < -0.39 is 0 Å². The minimum absolute atomic E-state index is 0.0189. The number of aliphatic hydroxyl groups is 1. The summed E-state index contributed by atoms with van der Waals surface area (Å²) < 4.78 is 0. The Balaban J connectivity index is 1.61. The van der Waals surface area contributed by atoms with E-state index >= 15 is 0 Å². The SMILES string of the molecule is O=C(NC1CCCCC1O)[C@H]1Cc2ccccc2CN1. The lowest BCUT2D eigenvalue weighted by Crippen LogP contribution is -2.53. The summed E-state index contributed by atoms with van der Waals surface area (Å²) in [5.74, 6) is 0.0189. The first-order chi connectivity index (χ1) is 9.74. The third-order valence-corrected chi connectivity index (χ3v) is 4.45. The van der Waals surface area contributed by atoms with Crippen molar-refractivity contribution in [3.8, 4) is 0 Å². The largest absolute Gasteiger partial charge is 0.391 e. The molecule has 2 aliphatic rings. The second-order valence-corrected chi connectivity index (χ2v) is 5.87. The van der Waals surface area contributed by atoms with Gasteiger partial charge in [0.05, 0.1) is 18.2 Å². The van der Waals surface area contributed by atoms with Crippen LogP contribution in [-0.4, -0.2) is 29.2 Å². The van der Waals surface area contributed by atoms with E-state index in [1.807, 2.05) is 12.1 Å². The molecule has 1 aliphatic carbocycles. The van der Waals surface area contributed by atoms with Crippen LogP contribution in [0.25, 0.3) is 0 Å². The fraction of sp³-hybridized carbons (Fsp3) is 0.562. The highest BCUT2D eigenvalue weighted by atomic mass is 16.3. The van der Waals surface area contributed by atoms with Gasteiger partial charge >= 0.3 is 0 Å². The Kier molecular flexibility index (Phi) is 4.03. The molecule has 3 N–H and O–H groups in total. The van der Waals surface area contributed by atoms with Gasteiger partial charge in [-0.25, -0.2) is 0 Å². The van der Waals surface area contributed by atoms with Gasteiger partial charge in [0.25, 0.3) is 0 Å². The van der Waals surface area contributed by atoms with E-state index in [2.05, 4.69) is 22.8 Å². The van der Waals surface area contributed by atoms with Gasteiger partial charge in [0.1, 0.15) is 0 Å². The van der Waals surface area contributed by atoms with Crippen molar-refractivity contribution >= 4 is 5.91 Å². The van der Waals surface area contributed by atoms with Gasteiger partial charge in [-0.1, -0.05) is 37.1 Å². The first kappa shape index (κ1) is 13.6. The van der Waals surface area contributed by atoms with Crippen molar-refractivity contribution in [1.29, 1.82) is 0 Å². The Morgan fingerprint density at radius 1 is 1.20 bits per heavy atom. The minimum Gasteiger partial charge on any atom is -0.391 e. The van der Waals surface area contributed by atoms with Gasteiger partial charge in [-0.15, -0.1) is 0 Å². The van der Waals surface area contributed by atoms with Crippen LogP contribution in [0.3, 0.4) is 0 Å². The number of hydrogen-bond donors (Lipinski definition) is 3. The lowest BCUT2D eigenvalue weighted by atomic mass is 9.91. The third-order valence-electron chi connectivity index (χ3n) is 4.45. The molecular formula is C16H22N2O2. The number of benzene rings is 1. The Bertz CT molecular complexity index is 489. The van der Waals surface area contributed by atoms with E-state index in [0.717, 1.165) is 38.6 Å². The highest BCUT2D eigenvalue weighted by Gasteiger charge is 2.29. The zero-order valence-electron chi connectivity index (χ0n) is 11.6. The average molecular weight is 274 g/mol. The highest BCUT2D eigenvalue weighted by molar-refractivity contribution is 5.82. The summed E-state index contributed by atoms with van der Waals surface area (Å²) in [4.78, 5) is 12.3. The van der Waals surface area contributed by atoms with E-state index in [0.29, 0.717) is 0 Å². The third kappa shape index (κ3) is 2.86. The summed E-state index contributed by atoms with van der Waals surface area (Å²) in [6.07, 6.45) is 4.17. The molecule has 0 aromatic heterocycles. The molecule has 1 aliphatic heterocycles. The van der Waals surface area contributed by atoms with Crippen molar-refractivity contribution in [3.63, 3.8) is 0 Å². The van der Waals surface area contributed by atoms with Crippen molar-refractivity contribution in [1.82, 2.24) is 10.6 Å². The monoisotopic (exact) mass is 274 g/mol. The van der Waals surface area contributed by atoms with Crippen LogP contribution in [0, 0.1) is 0 Å². The number of hydrogen-bond acceptors (Lipinski definition) is 3. The molecule has 0 spiro atoms. The molecule has 0 radical (unpaired) electrons. The number of rotatable bonds is 2. The molecule has 2 unspecified atom stereocenters. The van der Waals surface area contributed by atoms with Crippen LogP contribution in [0.15, 0.2) is 24.3 Å². The van der Waals surface area contributed by atoms with Crippen LogP contribution in [0.1, 0.15) is 36.8 Å². The smallest absolute Gasteiger partial charge is 0.237 e. The summed E-state index contributed by atoms with van der Waals surface area (Å²) in [6.45, 7) is 0.738. The Hall–Kier alpha value is -1.39. The molecule has 1 heterocycles. The van der Waals surface area contributed by atoms with Crippen molar-refractivity contribution in [2.45, 2.75) is 56.8 Å². The van der Waals surface area contributed by atoms with E-state index in [1.165, 1.54) is 11.1 Å². The van der Waals surface area contributed by atoms with Crippen LogP contribution >= 0.6 is 0 Å². The van der Waals surface area contributed by atoms with E-state index in [1.54, 1.807) is 0 Å². The van der Waals surface area contributed by atoms with Gasteiger partial charge in [-0.3, -0.25) is 4.79 Å². The first-order valence-corrected chi connectivity index (χ1v) is 7.52.